The number of hydrogen-bond acceptors (Lipinski definition) is 7. The second kappa shape index (κ2) is 10.0. The van der Waals surface area contributed by atoms with Gasteiger partial charge in [-0.25, -0.2) is 13.4 Å². The summed E-state index contributed by atoms with van der Waals surface area (Å²) in [7, 11) is -1.56. The highest BCUT2D eigenvalue weighted by Crippen LogP contribution is 2.21. The molecule has 1 fully saturated rings. The molecule has 1 aromatic carbocycles. The summed E-state index contributed by atoms with van der Waals surface area (Å²) in [5, 5.41) is 12.5. The topological polar surface area (TPSA) is 106 Å². The number of hydrogen-bond donors (Lipinski definition) is 1. The Kier molecular flexibility index (Phi) is 7.44. The van der Waals surface area contributed by atoms with Crippen molar-refractivity contribution in [2.45, 2.75) is 16.3 Å². The SMILES string of the molecule is CN1CCN(S(=O)(=O)c2ccc(SCCC(=O)Nc3ccccc3C#N)nc2)CC1. The summed E-state index contributed by atoms with van der Waals surface area (Å²) in [6.45, 7) is 2.36. The van der Waals surface area contributed by atoms with Gasteiger partial charge in [0.25, 0.3) is 0 Å². The molecule has 1 aromatic heterocycles. The van der Waals surface area contributed by atoms with Crippen LogP contribution in [0.25, 0.3) is 0 Å². The summed E-state index contributed by atoms with van der Waals surface area (Å²) in [6, 6.07) is 12.1. The van der Waals surface area contributed by atoms with E-state index in [1.807, 2.05) is 13.1 Å². The van der Waals surface area contributed by atoms with Crippen LogP contribution in [0.15, 0.2) is 52.5 Å². The van der Waals surface area contributed by atoms with Crippen LogP contribution in [0.2, 0.25) is 0 Å². The maximum absolute atomic E-state index is 12.7. The van der Waals surface area contributed by atoms with E-state index in [4.69, 9.17) is 5.26 Å². The number of anilines is 1. The van der Waals surface area contributed by atoms with E-state index in [2.05, 4.69) is 15.2 Å². The van der Waals surface area contributed by atoms with Crippen LogP contribution in [0.3, 0.4) is 0 Å². The number of likely N-dealkylation sites (N-methyl/N-ethyl adjacent to an activating group) is 1. The van der Waals surface area contributed by atoms with Gasteiger partial charge in [-0.05, 0) is 31.3 Å². The summed E-state index contributed by atoms with van der Waals surface area (Å²) in [5.41, 5.74) is 0.906. The van der Waals surface area contributed by atoms with Crippen LogP contribution in [0, 0.1) is 11.3 Å². The number of pyridine rings is 1. The number of piperazine rings is 1. The van der Waals surface area contributed by atoms with Crippen LogP contribution in [0.1, 0.15) is 12.0 Å². The highest BCUT2D eigenvalue weighted by molar-refractivity contribution is 7.99. The molecule has 2 heterocycles. The molecule has 2 aromatic rings. The Labute approximate surface area is 180 Å². The van der Waals surface area contributed by atoms with Crippen LogP contribution in [0.4, 0.5) is 5.69 Å². The zero-order valence-corrected chi connectivity index (χ0v) is 18.2. The van der Waals surface area contributed by atoms with E-state index < -0.39 is 10.0 Å². The van der Waals surface area contributed by atoms with Crippen molar-refractivity contribution in [2.24, 2.45) is 0 Å². The number of carbonyl (C=O) groups excluding carboxylic acids is 1. The second-order valence-electron chi connectivity index (χ2n) is 6.84. The first-order chi connectivity index (χ1) is 14.4. The van der Waals surface area contributed by atoms with Gasteiger partial charge in [0.2, 0.25) is 15.9 Å². The smallest absolute Gasteiger partial charge is 0.244 e. The number of benzene rings is 1. The minimum Gasteiger partial charge on any atom is -0.325 e. The van der Waals surface area contributed by atoms with E-state index in [1.165, 1.54) is 22.3 Å². The van der Waals surface area contributed by atoms with Gasteiger partial charge in [-0.2, -0.15) is 9.57 Å². The molecule has 8 nitrogen and oxygen atoms in total. The first-order valence-corrected chi connectivity index (χ1v) is 11.9. The van der Waals surface area contributed by atoms with Gasteiger partial charge in [-0.1, -0.05) is 12.1 Å². The number of thioether (sulfide) groups is 1. The minimum atomic E-state index is -3.53. The normalized spacial score (nSPS) is 15.5. The van der Waals surface area contributed by atoms with Gasteiger partial charge < -0.3 is 10.2 Å². The number of nitrogens with one attached hydrogen (secondary N) is 1. The molecule has 1 aliphatic rings. The summed E-state index contributed by atoms with van der Waals surface area (Å²) in [5.74, 6) is 0.289. The predicted octanol–water partition coefficient (Wildman–Crippen LogP) is 2.01. The lowest BCUT2D eigenvalue weighted by Gasteiger charge is -2.31. The number of nitriles is 1. The van der Waals surface area contributed by atoms with Crippen LogP contribution in [0.5, 0.6) is 0 Å². The lowest BCUT2D eigenvalue weighted by molar-refractivity contribution is -0.115. The van der Waals surface area contributed by atoms with Crippen molar-refractivity contribution in [1.29, 1.82) is 5.26 Å². The van der Waals surface area contributed by atoms with E-state index in [9.17, 15) is 13.2 Å². The van der Waals surface area contributed by atoms with Crippen LogP contribution in [-0.4, -0.2) is 67.5 Å². The highest BCUT2D eigenvalue weighted by Gasteiger charge is 2.27. The molecule has 1 aliphatic heterocycles. The van der Waals surface area contributed by atoms with Crippen LogP contribution in [-0.2, 0) is 14.8 Å². The predicted molar refractivity (Wildman–Crippen MR) is 116 cm³/mol. The van der Waals surface area contributed by atoms with E-state index in [1.54, 1.807) is 36.4 Å². The number of amides is 1. The molecule has 0 bridgehead atoms. The molecule has 1 saturated heterocycles. The lowest BCUT2D eigenvalue weighted by Crippen LogP contribution is -2.47. The Morgan fingerprint density at radius 1 is 1.20 bits per heavy atom. The molecular formula is C20H23N5O3S2. The van der Waals surface area contributed by atoms with E-state index in [-0.39, 0.29) is 17.2 Å². The lowest BCUT2D eigenvalue weighted by atomic mass is 10.2. The molecule has 0 saturated carbocycles. The van der Waals surface area contributed by atoms with Gasteiger partial charge in [0, 0.05) is 44.5 Å². The van der Waals surface area contributed by atoms with Crippen molar-refractivity contribution in [3.63, 3.8) is 0 Å². The first kappa shape index (κ1) is 22.2. The largest absolute Gasteiger partial charge is 0.325 e. The van der Waals surface area contributed by atoms with Gasteiger partial charge >= 0.3 is 0 Å². The molecule has 1 N–H and O–H groups in total. The molecule has 3 rings (SSSR count). The first-order valence-electron chi connectivity index (χ1n) is 9.46. The number of nitrogens with zero attached hydrogens (tertiary/aromatic N) is 4. The third kappa shape index (κ3) is 5.58. The third-order valence-electron chi connectivity index (χ3n) is 4.71. The van der Waals surface area contributed by atoms with Crippen molar-refractivity contribution < 1.29 is 13.2 Å². The Bertz CT molecular complexity index is 1030. The molecule has 0 unspecified atom stereocenters. The van der Waals surface area contributed by atoms with Crippen molar-refractivity contribution in [3.05, 3.63) is 48.2 Å². The minimum absolute atomic E-state index is 0.183. The van der Waals surface area contributed by atoms with E-state index in [0.717, 1.165) is 0 Å². The molecule has 1 amide bonds. The van der Waals surface area contributed by atoms with E-state index in [0.29, 0.717) is 48.2 Å². The van der Waals surface area contributed by atoms with Crippen molar-refractivity contribution in [2.75, 3.05) is 44.3 Å². The van der Waals surface area contributed by atoms with Gasteiger partial charge in [0.1, 0.15) is 11.0 Å². The van der Waals surface area contributed by atoms with Crippen molar-refractivity contribution >= 4 is 33.4 Å². The Hall–Kier alpha value is -2.45. The fraction of sp³-hybridized carbons (Fsp3) is 0.350. The van der Waals surface area contributed by atoms with Gasteiger partial charge in [-0.15, -0.1) is 11.8 Å². The highest BCUT2D eigenvalue weighted by atomic mass is 32.2. The summed E-state index contributed by atoms with van der Waals surface area (Å²) in [6.07, 6.45) is 1.62. The Morgan fingerprint density at radius 2 is 1.93 bits per heavy atom. The van der Waals surface area contributed by atoms with Crippen molar-refractivity contribution in [1.82, 2.24) is 14.2 Å². The fourth-order valence-electron chi connectivity index (χ4n) is 2.93. The Balaban J connectivity index is 1.51. The maximum atomic E-state index is 12.7. The monoisotopic (exact) mass is 445 g/mol. The van der Waals surface area contributed by atoms with E-state index >= 15 is 0 Å². The second-order valence-corrected chi connectivity index (χ2v) is 9.90. The molecule has 0 aliphatic carbocycles. The summed E-state index contributed by atoms with van der Waals surface area (Å²) >= 11 is 1.37. The van der Waals surface area contributed by atoms with Gasteiger partial charge in [0.15, 0.2) is 0 Å². The number of para-hydroxylation sites is 1. The zero-order valence-electron chi connectivity index (χ0n) is 16.6. The number of rotatable bonds is 7. The molecule has 0 spiro atoms. The average Bonchev–Trinajstić information content (AvgIpc) is 2.75. The summed E-state index contributed by atoms with van der Waals surface area (Å²) in [4.78, 5) is 18.6. The standard InChI is InChI=1S/C20H23N5O3S2/c1-24-9-11-25(12-10-24)30(27,28)17-6-7-20(22-15-17)29-13-8-19(26)23-18-5-3-2-4-16(18)14-21/h2-7,15H,8-13H2,1H3,(H,23,26). The zero-order chi connectivity index (χ0) is 21.6. The Morgan fingerprint density at radius 3 is 2.60 bits per heavy atom. The quantitative estimate of drug-likeness (QED) is 0.650. The fourth-order valence-corrected chi connectivity index (χ4v) is 5.09. The van der Waals surface area contributed by atoms with Crippen LogP contribution >= 0.6 is 11.8 Å². The number of aromatic nitrogens is 1. The van der Waals surface area contributed by atoms with Gasteiger partial charge in [-0.3, -0.25) is 4.79 Å². The average molecular weight is 446 g/mol. The van der Waals surface area contributed by atoms with Crippen molar-refractivity contribution in [3.8, 4) is 6.07 Å². The van der Waals surface area contributed by atoms with Gasteiger partial charge in [0.05, 0.1) is 16.3 Å². The number of sulfonamides is 1. The number of carbonyl (C=O) groups is 1. The maximum Gasteiger partial charge on any atom is 0.244 e. The molecule has 0 radical (unpaired) electrons. The molecule has 158 valence electrons. The molecular weight excluding hydrogens is 422 g/mol. The molecule has 0 atom stereocenters. The summed E-state index contributed by atoms with van der Waals surface area (Å²) < 4.78 is 26.9. The molecule has 10 heteroatoms. The van der Waals surface area contributed by atoms with Crippen LogP contribution < -0.4 is 5.32 Å². The molecule has 30 heavy (non-hydrogen) atoms. The third-order valence-corrected chi connectivity index (χ3v) is 7.54.